The second-order valence-electron chi connectivity index (χ2n) is 5.30. The molecule has 4 heteroatoms. The molecule has 0 saturated carbocycles. The predicted molar refractivity (Wildman–Crippen MR) is 85.3 cm³/mol. The van der Waals surface area contributed by atoms with E-state index < -0.39 is 0 Å². The second kappa shape index (κ2) is 5.78. The zero-order valence-electron chi connectivity index (χ0n) is 11.6. The number of carbonyl (C=O) groups excluding carboxylic acids is 1. The normalized spacial score (nSPS) is 18.0. The van der Waals surface area contributed by atoms with E-state index in [1.807, 2.05) is 23.1 Å². The first-order valence-electron chi connectivity index (χ1n) is 7.08. The van der Waals surface area contributed by atoms with Gasteiger partial charge in [0.2, 0.25) is 0 Å². The van der Waals surface area contributed by atoms with Gasteiger partial charge in [-0.1, -0.05) is 41.9 Å². The Morgan fingerprint density at radius 2 is 1.95 bits per heavy atom. The van der Waals surface area contributed by atoms with Crippen LogP contribution in [0.5, 0.6) is 0 Å². The highest BCUT2D eigenvalue weighted by atomic mass is 35.5. The van der Waals surface area contributed by atoms with Crippen LogP contribution >= 0.6 is 11.6 Å². The zero-order chi connectivity index (χ0) is 14.8. The van der Waals surface area contributed by atoms with E-state index in [1.165, 1.54) is 5.56 Å². The van der Waals surface area contributed by atoms with E-state index in [9.17, 15) is 4.79 Å². The van der Waals surface area contributed by atoms with Gasteiger partial charge in [0.15, 0.2) is 0 Å². The minimum atomic E-state index is -0.0404. The molecular formula is C17H17ClN2O. The molecule has 1 saturated heterocycles. The highest BCUT2D eigenvalue weighted by Gasteiger charge is 2.31. The lowest BCUT2D eigenvalue weighted by molar-refractivity contribution is 0.0736. The molecule has 1 aliphatic heterocycles. The molecule has 2 aromatic carbocycles. The molecule has 21 heavy (non-hydrogen) atoms. The number of likely N-dealkylation sites (tertiary alicyclic amines) is 1. The number of amides is 1. The first-order chi connectivity index (χ1) is 10.2. The summed E-state index contributed by atoms with van der Waals surface area (Å²) in [6, 6.07) is 15.3. The Hall–Kier alpha value is -2.00. The highest BCUT2D eigenvalue weighted by molar-refractivity contribution is 6.31. The van der Waals surface area contributed by atoms with E-state index in [2.05, 4.69) is 12.1 Å². The smallest absolute Gasteiger partial charge is 0.256 e. The largest absolute Gasteiger partial charge is 0.398 e. The molecule has 1 aliphatic rings. The van der Waals surface area contributed by atoms with Gasteiger partial charge in [0.25, 0.3) is 5.91 Å². The first kappa shape index (κ1) is 14.0. The van der Waals surface area contributed by atoms with E-state index >= 15 is 0 Å². The summed E-state index contributed by atoms with van der Waals surface area (Å²) >= 11 is 5.99. The number of hydrogen-bond acceptors (Lipinski definition) is 2. The van der Waals surface area contributed by atoms with Crippen molar-refractivity contribution in [2.75, 3.05) is 12.3 Å². The number of rotatable bonds is 2. The van der Waals surface area contributed by atoms with Gasteiger partial charge in [0, 0.05) is 17.3 Å². The molecule has 108 valence electrons. The molecule has 1 fully saturated rings. The van der Waals surface area contributed by atoms with Crippen molar-refractivity contribution in [3.63, 3.8) is 0 Å². The maximum atomic E-state index is 12.8. The maximum Gasteiger partial charge on any atom is 0.256 e. The number of nitrogens with zero attached hydrogens (tertiary/aromatic N) is 1. The number of anilines is 1. The number of hydrogen-bond donors (Lipinski definition) is 1. The molecule has 1 atom stereocenters. The van der Waals surface area contributed by atoms with Crippen LogP contribution in [0.15, 0.2) is 48.5 Å². The zero-order valence-corrected chi connectivity index (χ0v) is 12.4. The number of carbonyl (C=O) groups is 1. The third-order valence-corrected chi connectivity index (χ3v) is 4.18. The SMILES string of the molecule is Nc1ccc(Cl)cc1C(=O)N1CCCC1c1ccccc1. The van der Waals surface area contributed by atoms with Crippen LogP contribution < -0.4 is 5.73 Å². The fourth-order valence-electron chi connectivity index (χ4n) is 2.90. The van der Waals surface area contributed by atoms with Crippen LogP contribution in [0.25, 0.3) is 0 Å². The van der Waals surface area contributed by atoms with Crippen LogP contribution in [0.2, 0.25) is 5.02 Å². The third-order valence-electron chi connectivity index (χ3n) is 3.94. The summed E-state index contributed by atoms with van der Waals surface area (Å²) in [4.78, 5) is 14.7. The van der Waals surface area contributed by atoms with Gasteiger partial charge < -0.3 is 10.6 Å². The molecule has 1 amide bonds. The van der Waals surface area contributed by atoms with Crippen LogP contribution in [0.1, 0.15) is 34.8 Å². The quantitative estimate of drug-likeness (QED) is 0.855. The maximum absolute atomic E-state index is 12.8. The second-order valence-corrected chi connectivity index (χ2v) is 5.74. The van der Waals surface area contributed by atoms with Gasteiger partial charge in [0.1, 0.15) is 0 Å². The standard InChI is InChI=1S/C17H17ClN2O/c18-13-8-9-15(19)14(11-13)17(21)20-10-4-7-16(20)12-5-2-1-3-6-12/h1-3,5-6,8-9,11,16H,4,7,10,19H2. The van der Waals surface area contributed by atoms with Crippen LogP contribution in [-0.2, 0) is 0 Å². The Labute approximate surface area is 129 Å². The number of halogens is 1. The summed E-state index contributed by atoms with van der Waals surface area (Å²) in [7, 11) is 0. The fourth-order valence-corrected chi connectivity index (χ4v) is 3.07. The molecule has 2 aromatic rings. The van der Waals surface area contributed by atoms with Gasteiger partial charge in [-0.3, -0.25) is 4.79 Å². The Morgan fingerprint density at radius 3 is 2.71 bits per heavy atom. The summed E-state index contributed by atoms with van der Waals surface area (Å²) in [5.74, 6) is -0.0404. The predicted octanol–water partition coefficient (Wildman–Crippen LogP) is 3.90. The Balaban J connectivity index is 1.92. The highest BCUT2D eigenvalue weighted by Crippen LogP contribution is 2.34. The Bertz CT molecular complexity index is 657. The average molecular weight is 301 g/mol. The Morgan fingerprint density at radius 1 is 1.19 bits per heavy atom. The summed E-state index contributed by atoms with van der Waals surface area (Å²) in [5, 5.41) is 0.531. The van der Waals surface area contributed by atoms with Crippen molar-refractivity contribution in [1.82, 2.24) is 4.90 Å². The lowest BCUT2D eigenvalue weighted by Gasteiger charge is -2.25. The molecule has 0 aliphatic carbocycles. The Kier molecular flexibility index (Phi) is 3.84. The summed E-state index contributed by atoms with van der Waals surface area (Å²) in [6.45, 7) is 0.754. The van der Waals surface area contributed by atoms with E-state index in [4.69, 9.17) is 17.3 Å². The molecule has 3 rings (SSSR count). The van der Waals surface area contributed by atoms with Crippen LogP contribution in [0.3, 0.4) is 0 Å². The molecule has 1 heterocycles. The van der Waals surface area contributed by atoms with Crippen LogP contribution in [-0.4, -0.2) is 17.4 Å². The van der Waals surface area contributed by atoms with E-state index in [-0.39, 0.29) is 11.9 Å². The van der Waals surface area contributed by atoms with Crippen molar-refractivity contribution in [1.29, 1.82) is 0 Å². The van der Waals surface area contributed by atoms with Gasteiger partial charge in [-0.05, 0) is 36.6 Å². The van der Waals surface area contributed by atoms with Gasteiger partial charge in [-0.15, -0.1) is 0 Å². The fraction of sp³-hybridized carbons (Fsp3) is 0.235. The molecule has 0 spiro atoms. The van der Waals surface area contributed by atoms with Crippen molar-refractivity contribution in [3.05, 3.63) is 64.7 Å². The first-order valence-corrected chi connectivity index (χ1v) is 7.45. The molecule has 0 bridgehead atoms. The molecule has 1 unspecified atom stereocenters. The van der Waals surface area contributed by atoms with Gasteiger partial charge >= 0.3 is 0 Å². The molecule has 0 radical (unpaired) electrons. The van der Waals surface area contributed by atoms with E-state index in [0.29, 0.717) is 16.3 Å². The average Bonchev–Trinajstić information content (AvgIpc) is 2.99. The summed E-state index contributed by atoms with van der Waals surface area (Å²) in [6.07, 6.45) is 1.99. The van der Waals surface area contributed by atoms with Crippen molar-refractivity contribution < 1.29 is 4.79 Å². The van der Waals surface area contributed by atoms with Crippen LogP contribution in [0, 0.1) is 0 Å². The van der Waals surface area contributed by atoms with Crippen LogP contribution in [0.4, 0.5) is 5.69 Å². The third kappa shape index (κ3) is 2.74. The topological polar surface area (TPSA) is 46.3 Å². The van der Waals surface area contributed by atoms with E-state index in [0.717, 1.165) is 19.4 Å². The minimum Gasteiger partial charge on any atom is -0.398 e. The van der Waals surface area contributed by atoms with Crippen molar-refractivity contribution >= 4 is 23.2 Å². The monoisotopic (exact) mass is 300 g/mol. The molecule has 0 aromatic heterocycles. The van der Waals surface area contributed by atoms with Gasteiger partial charge in [-0.2, -0.15) is 0 Å². The summed E-state index contributed by atoms with van der Waals surface area (Å²) < 4.78 is 0. The van der Waals surface area contributed by atoms with E-state index in [1.54, 1.807) is 18.2 Å². The van der Waals surface area contributed by atoms with Crippen molar-refractivity contribution in [2.24, 2.45) is 0 Å². The molecule has 2 N–H and O–H groups in total. The lowest BCUT2D eigenvalue weighted by atomic mass is 10.0. The lowest BCUT2D eigenvalue weighted by Crippen LogP contribution is -2.31. The van der Waals surface area contributed by atoms with Gasteiger partial charge in [-0.25, -0.2) is 0 Å². The van der Waals surface area contributed by atoms with Gasteiger partial charge in [0.05, 0.1) is 11.6 Å². The number of nitrogen functional groups attached to an aromatic ring is 1. The minimum absolute atomic E-state index is 0.0404. The molecular weight excluding hydrogens is 284 g/mol. The summed E-state index contributed by atoms with van der Waals surface area (Å²) in [5.41, 5.74) is 8.07. The van der Waals surface area contributed by atoms with Crippen molar-refractivity contribution in [3.8, 4) is 0 Å². The van der Waals surface area contributed by atoms with Crippen molar-refractivity contribution in [2.45, 2.75) is 18.9 Å². The number of nitrogens with two attached hydrogens (primary N) is 1. The molecule has 3 nitrogen and oxygen atoms in total. The number of benzene rings is 2.